The van der Waals surface area contributed by atoms with Crippen LogP contribution in [0.4, 0.5) is 21.9 Å². The molecule has 2 atom stereocenters. The standard InChI is InChI=1S/C23H23N5O6/c1-25-21(30)23(20(29)24-22(25)31)12-14-11-15(28(32)33)7-8-16(14)27-10-9-26(13-19(23)27)17-5-3-4-6-18(17)34-2/h3-8,11,19H,9-10,12-13H2,1-2H3,(H,24,29,31)/t19-,23+/m0/s1. The number of nitro benzene ring substituents is 1. The zero-order valence-corrected chi connectivity index (χ0v) is 18.7. The SMILES string of the molecule is COc1ccccc1N1CCN2c3ccc([N+](=O)[O-])cc3C[C@]3(C(=O)NC(=O)N(C)C3=O)[C@@H]2C1. The number of nitrogens with zero attached hydrogens (tertiary/aromatic N) is 4. The number of hydrogen-bond donors (Lipinski definition) is 1. The van der Waals surface area contributed by atoms with Crippen LogP contribution in [0.25, 0.3) is 0 Å². The largest absolute Gasteiger partial charge is 0.495 e. The molecule has 176 valence electrons. The van der Waals surface area contributed by atoms with E-state index in [9.17, 15) is 24.5 Å². The number of non-ortho nitro benzene ring substituents is 1. The molecule has 34 heavy (non-hydrogen) atoms. The number of urea groups is 1. The minimum absolute atomic E-state index is 0.0484. The summed E-state index contributed by atoms with van der Waals surface area (Å²) in [6.45, 7) is 1.36. The first-order valence-corrected chi connectivity index (χ1v) is 10.8. The number of carbonyl (C=O) groups is 3. The summed E-state index contributed by atoms with van der Waals surface area (Å²) in [7, 11) is 2.92. The maximum absolute atomic E-state index is 13.6. The molecule has 0 aromatic heterocycles. The van der Waals surface area contributed by atoms with Crippen LogP contribution in [0.3, 0.4) is 0 Å². The highest BCUT2D eigenvalue weighted by Crippen LogP contribution is 2.47. The van der Waals surface area contributed by atoms with Gasteiger partial charge in [0, 0.05) is 50.9 Å². The van der Waals surface area contributed by atoms with Gasteiger partial charge in [0.2, 0.25) is 11.8 Å². The molecule has 11 nitrogen and oxygen atoms in total. The average Bonchev–Trinajstić information content (AvgIpc) is 2.85. The van der Waals surface area contributed by atoms with Gasteiger partial charge in [-0.15, -0.1) is 0 Å². The van der Waals surface area contributed by atoms with Gasteiger partial charge in [-0.3, -0.25) is 29.9 Å². The van der Waals surface area contributed by atoms with Gasteiger partial charge in [-0.25, -0.2) is 4.79 Å². The van der Waals surface area contributed by atoms with Crippen LogP contribution < -0.4 is 19.9 Å². The lowest BCUT2D eigenvalue weighted by Crippen LogP contribution is -2.74. The van der Waals surface area contributed by atoms with Crippen molar-refractivity contribution in [3.8, 4) is 5.75 Å². The molecule has 0 saturated carbocycles. The van der Waals surface area contributed by atoms with Gasteiger partial charge in [-0.1, -0.05) is 12.1 Å². The number of nitrogens with one attached hydrogen (secondary N) is 1. The Bertz CT molecular complexity index is 1230. The molecule has 0 unspecified atom stereocenters. The molecule has 3 aliphatic heterocycles. The summed E-state index contributed by atoms with van der Waals surface area (Å²) in [6.07, 6.45) is -0.0484. The third kappa shape index (κ3) is 3.00. The van der Waals surface area contributed by atoms with E-state index in [1.807, 2.05) is 29.2 Å². The van der Waals surface area contributed by atoms with Crippen molar-refractivity contribution in [2.24, 2.45) is 5.41 Å². The lowest BCUT2D eigenvalue weighted by Gasteiger charge is -2.55. The van der Waals surface area contributed by atoms with Crippen molar-refractivity contribution >= 4 is 34.9 Å². The van der Waals surface area contributed by atoms with Gasteiger partial charge < -0.3 is 14.5 Å². The van der Waals surface area contributed by atoms with Crippen LogP contribution in [0.15, 0.2) is 42.5 Å². The normalized spacial score (nSPS) is 24.0. The van der Waals surface area contributed by atoms with Crippen LogP contribution >= 0.6 is 0 Å². The smallest absolute Gasteiger partial charge is 0.330 e. The van der Waals surface area contributed by atoms with E-state index in [4.69, 9.17) is 4.74 Å². The van der Waals surface area contributed by atoms with Gasteiger partial charge in [0.25, 0.3) is 5.69 Å². The van der Waals surface area contributed by atoms with Crippen molar-refractivity contribution in [2.45, 2.75) is 12.5 Å². The minimum Gasteiger partial charge on any atom is -0.495 e. The first-order valence-electron chi connectivity index (χ1n) is 10.8. The number of rotatable bonds is 3. The quantitative estimate of drug-likeness (QED) is 0.411. The number of benzene rings is 2. The minimum atomic E-state index is -1.62. The molecule has 3 aliphatic rings. The van der Waals surface area contributed by atoms with Crippen LogP contribution in [0.5, 0.6) is 5.75 Å². The molecule has 11 heteroatoms. The Kier molecular flexibility index (Phi) is 4.92. The zero-order valence-electron chi connectivity index (χ0n) is 18.7. The Labute approximate surface area is 195 Å². The molecular formula is C23H23N5O6. The fraction of sp³-hybridized carbons (Fsp3) is 0.348. The van der Waals surface area contributed by atoms with Crippen LogP contribution in [0, 0.1) is 15.5 Å². The predicted molar refractivity (Wildman–Crippen MR) is 122 cm³/mol. The first kappa shape index (κ1) is 21.7. The van der Waals surface area contributed by atoms with Crippen LogP contribution in [0.1, 0.15) is 5.56 Å². The highest BCUT2D eigenvalue weighted by atomic mass is 16.6. The maximum atomic E-state index is 13.6. The lowest BCUT2D eigenvalue weighted by molar-refractivity contribution is -0.384. The zero-order chi connectivity index (χ0) is 24.2. The molecule has 5 rings (SSSR count). The Morgan fingerprint density at radius 2 is 1.88 bits per heavy atom. The Morgan fingerprint density at radius 3 is 2.62 bits per heavy atom. The molecule has 1 N–H and O–H groups in total. The van der Waals surface area contributed by atoms with Gasteiger partial charge in [-0.2, -0.15) is 0 Å². The number of piperazine rings is 1. The van der Waals surface area contributed by atoms with E-state index in [1.54, 1.807) is 13.2 Å². The second-order valence-electron chi connectivity index (χ2n) is 8.67. The van der Waals surface area contributed by atoms with Gasteiger partial charge >= 0.3 is 6.03 Å². The molecule has 3 heterocycles. The molecule has 2 aromatic rings. The average molecular weight is 465 g/mol. The Balaban J connectivity index is 1.65. The third-order valence-electron chi connectivity index (χ3n) is 7.04. The van der Waals surface area contributed by atoms with Crippen LogP contribution in [0.2, 0.25) is 0 Å². The van der Waals surface area contributed by atoms with E-state index in [0.717, 1.165) is 16.3 Å². The summed E-state index contributed by atoms with van der Waals surface area (Å²) in [4.78, 5) is 55.1. The summed E-state index contributed by atoms with van der Waals surface area (Å²) in [5, 5.41) is 13.7. The molecule has 2 aromatic carbocycles. The molecule has 0 bridgehead atoms. The molecule has 2 saturated heterocycles. The second-order valence-corrected chi connectivity index (χ2v) is 8.67. The number of barbiturate groups is 1. The van der Waals surface area contributed by atoms with E-state index in [-0.39, 0.29) is 12.1 Å². The van der Waals surface area contributed by atoms with Crippen molar-refractivity contribution in [3.63, 3.8) is 0 Å². The fourth-order valence-corrected chi connectivity index (χ4v) is 5.36. The summed E-state index contributed by atoms with van der Waals surface area (Å²) in [6, 6.07) is 10.6. The van der Waals surface area contributed by atoms with Crippen molar-refractivity contribution in [3.05, 3.63) is 58.1 Å². The van der Waals surface area contributed by atoms with Crippen LogP contribution in [-0.4, -0.2) is 67.5 Å². The van der Waals surface area contributed by atoms with Crippen molar-refractivity contribution in [1.29, 1.82) is 0 Å². The summed E-state index contributed by atoms with van der Waals surface area (Å²) in [5.74, 6) is -0.631. The number of anilines is 2. The monoisotopic (exact) mass is 465 g/mol. The highest BCUT2D eigenvalue weighted by molar-refractivity contribution is 6.20. The number of nitro groups is 1. The molecule has 0 aliphatic carbocycles. The number of methoxy groups -OCH3 is 1. The molecule has 4 amide bonds. The third-order valence-corrected chi connectivity index (χ3v) is 7.04. The predicted octanol–water partition coefficient (Wildman–Crippen LogP) is 1.55. The van der Waals surface area contributed by atoms with Crippen molar-refractivity contribution in [1.82, 2.24) is 10.2 Å². The van der Waals surface area contributed by atoms with E-state index in [2.05, 4.69) is 10.2 Å². The van der Waals surface area contributed by atoms with E-state index < -0.39 is 34.2 Å². The lowest BCUT2D eigenvalue weighted by atomic mass is 9.67. The number of hydrogen-bond acceptors (Lipinski definition) is 8. The first-order chi connectivity index (χ1) is 16.3. The molecule has 1 spiro atoms. The molecule has 2 fully saturated rings. The van der Waals surface area contributed by atoms with Gasteiger partial charge in [0.15, 0.2) is 5.41 Å². The van der Waals surface area contributed by atoms with E-state index in [1.165, 1.54) is 19.2 Å². The number of carbonyl (C=O) groups excluding carboxylic acids is 3. The van der Waals surface area contributed by atoms with Crippen LogP contribution in [-0.2, 0) is 16.0 Å². The fourth-order valence-electron chi connectivity index (χ4n) is 5.36. The van der Waals surface area contributed by atoms with Gasteiger partial charge in [-0.05, 0) is 23.8 Å². The van der Waals surface area contributed by atoms with Gasteiger partial charge in [0.1, 0.15) is 5.75 Å². The topological polar surface area (TPSA) is 125 Å². The van der Waals surface area contributed by atoms with Gasteiger partial charge in [0.05, 0.1) is 23.8 Å². The Hall–Kier alpha value is -4.15. The highest BCUT2D eigenvalue weighted by Gasteiger charge is 2.62. The van der Waals surface area contributed by atoms with E-state index >= 15 is 0 Å². The van der Waals surface area contributed by atoms with Crippen molar-refractivity contribution in [2.75, 3.05) is 43.6 Å². The van der Waals surface area contributed by atoms with Crippen molar-refractivity contribution < 1.29 is 24.0 Å². The number of ether oxygens (including phenoxy) is 1. The second kappa shape index (κ2) is 7.72. The number of para-hydroxylation sites is 2. The Morgan fingerprint density at radius 1 is 1.12 bits per heavy atom. The summed E-state index contributed by atoms with van der Waals surface area (Å²) < 4.78 is 5.52. The number of amides is 4. The summed E-state index contributed by atoms with van der Waals surface area (Å²) in [5.41, 5.74) is 0.380. The number of fused-ring (bicyclic) bond motifs is 4. The number of imide groups is 2. The molecule has 0 radical (unpaired) electrons. The molecular weight excluding hydrogens is 442 g/mol. The summed E-state index contributed by atoms with van der Waals surface area (Å²) >= 11 is 0. The van der Waals surface area contributed by atoms with E-state index in [0.29, 0.717) is 30.9 Å². The maximum Gasteiger partial charge on any atom is 0.330 e.